The van der Waals surface area contributed by atoms with Crippen LogP contribution in [0.5, 0.6) is 0 Å². The second-order valence-corrected chi connectivity index (χ2v) is 15.8. The van der Waals surface area contributed by atoms with Crippen LogP contribution in [-0.2, 0) is 15.4 Å². The van der Waals surface area contributed by atoms with Crippen LogP contribution in [0.2, 0.25) is 5.02 Å². The van der Waals surface area contributed by atoms with Crippen molar-refractivity contribution >= 4 is 38.6 Å². The first kappa shape index (κ1) is 33.1. The van der Waals surface area contributed by atoms with Gasteiger partial charge < -0.3 is 9.47 Å². The Morgan fingerprint density at radius 1 is 1.00 bits per heavy atom. The number of fused-ring (bicyclic) bond motifs is 3. The monoisotopic (exact) mass is 695 g/mol. The zero-order chi connectivity index (χ0) is 33.8. The fourth-order valence-corrected chi connectivity index (χ4v) is 9.87. The van der Waals surface area contributed by atoms with Crippen molar-refractivity contribution in [1.82, 2.24) is 24.1 Å². The first-order valence-electron chi connectivity index (χ1n) is 16.7. The van der Waals surface area contributed by atoms with Crippen LogP contribution in [0.4, 0.5) is 8.78 Å². The van der Waals surface area contributed by atoms with E-state index in [1.807, 2.05) is 12.1 Å². The van der Waals surface area contributed by atoms with Gasteiger partial charge in [-0.05, 0) is 113 Å². The zero-order valence-corrected chi connectivity index (χ0v) is 28.7. The van der Waals surface area contributed by atoms with Gasteiger partial charge in [-0.2, -0.15) is 0 Å². The lowest BCUT2D eigenvalue weighted by Gasteiger charge is -2.45. The molecule has 4 aromatic rings. The lowest BCUT2D eigenvalue weighted by atomic mass is 9.70. The Labute approximate surface area is 285 Å². The van der Waals surface area contributed by atoms with E-state index in [0.29, 0.717) is 44.1 Å². The minimum atomic E-state index is -4.01. The number of para-hydroxylation sites is 2. The number of carbonyl (C=O) groups excluding carboxylic acids is 1. The van der Waals surface area contributed by atoms with E-state index >= 15 is 4.39 Å². The predicted molar refractivity (Wildman–Crippen MR) is 182 cm³/mol. The van der Waals surface area contributed by atoms with Gasteiger partial charge in [0, 0.05) is 31.2 Å². The van der Waals surface area contributed by atoms with Gasteiger partial charge in [-0.1, -0.05) is 35.9 Å². The molecule has 0 saturated carbocycles. The van der Waals surface area contributed by atoms with Crippen LogP contribution in [0, 0.1) is 18.6 Å². The maximum Gasteiger partial charge on any atom is 0.256 e. The van der Waals surface area contributed by atoms with Gasteiger partial charge in [0.2, 0.25) is 10.0 Å². The molecule has 3 fully saturated rings. The lowest BCUT2D eigenvalue weighted by Crippen LogP contribution is -2.49. The van der Waals surface area contributed by atoms with Crippen LogP contribution in [0.3, 0.4) is 0 Å². The van der Waals surface area contributed by atoms with Crippen molar-refractivity contribution in [3.05, 3.63) is 94.3 Å². The van der Waals surface area contributed by atoms with Gasteiger partial charge >= 0.3 is 0 Å². The number of nitrogens with zero attached hydrogens (tertiary/aromatic N) is 4. The quantitative estimate of drug-likeness (QED) is 0.224. The zero-order valence-electron chi connectivity index (χ0n) is 27.1. The molecule has 12 heteroatoms. The van der Waals surface area contributed by atoms with E-state index in [1.165, 1.54) is 18.6 Å². The van der Waals surface area contributed by atoms with Crippen molar-refractivity contribution in [3.63, 3.8) is 0 Å². The molecule has 2 bridgehead atoms. The summed E-state index contributed by atoms with van der Waals surface area (Å²) in [6, 6.07) is 18.3. The van der Waals surface area contributed by atoms with Crippen LogP contribution in [0.1, 0.15) is 72.7 Å². The number of hydrogen-bond acceptors (Lipinski definition) is 5. The van der Waals surface area contributed by atoms with Gasteiger partial charge in [-0.15, -0.1) is 0 Å². The van der Waals surface area contributed by atoms with Crippen LogP contribution in [0.25, 0.3) is 11.0 Å². The first-order valence-corrected chi connectivity index (χ1v) is 18.5. The van der Waals surface area contributed by atoms with Crippen molar-refractivity contribution in [1.29, 1.82) is 0 Å². The maximum atomic E-state index is 15.0. The molecule has 0 aliphatic carbocycles. The van der Waals surface area contributed by atoms with Crippen LogP contribution in [-0.4, -0.2) is 72.4 Å². The highest BCUT2D eigenvalue weighted by Crippen LogP contribution is 2.45. The molecule has 3 aromatic carbocycles. The number of rotatable bonds is 8. The third kappa shape index (κ3) is 5.93. The van der Waals surface area contributed by atoms with E-state index in [9.17, 15) is 17.6 Å². The highest BCUT2D eigenvalue weighted by molar-refractivity contribution is 7.89. The van der Waals surface area contributed by atoms with E-state index in [-0.39, 0.29) is 26.7 Å². The van der Waals surface area contributed by atoms with Gasteiger partial charge in [-0.25, -0.2) is 26.9 Å². The standard InChI is InChI=1S/C36H40ClF2N5O3S/c1-23-41-32-8-3-4-9-33(32)44(23)28-19-26-10-11-27(20-28)43(26)17-14-36(24-6-5-7-25(38)18-24)12-15-42(16-13-36)35(45)29-21-34(48(46,47)40-2)30(37)22-31(29)39/h3-9,18,21-22,26-28,40H,10-17,19-20H2,1-2H3/t26-,27+,28?. The van der Waals surface area contributed by atoms with E-state index in [1.54, 1.807) is 17.0 Å². The number of piperidine rings is 2. The third-order valence-electron chi connectivity index (χ3n) is 11.1. The second kappa shape index (κ2) is 12.8. The summed E-state index contributed by atoms with van der Waals surface area (Å²) < 4.78 is 59.2. The number of carbonyl (C=O) groups is 1. The minimum absolute atomic E-state index is 0.296. The number of benzene rings is 3. The number of aromatic nitrogens is 2. The number of nitrogens with one attached hydrogen (secondary N) is 1. The molecule has 0 radical (unpaired) electrons. The summed E-state index contributed by atoms with van der Waals surface area (Å²) in [4.78, 5) is 22.3. The van der Waals surface area contributed by atoms with Crippen LogP contribution >= 0.6 is 11.6 Å². The molecular weight excluding hydrogens is 656 g/mol. The van der Waals surface area contributed by atoms with E-state index in [4.69, 9.17) is 16.6 Å². The van der Waals surface area contributed by atoms with Crippen molar-refractivity contribution in [2.24, 2.45) is 0 Å². The van der Waals surface area contributed by atoms with Gasteiger partial charge in [0.05, 0.1) is 21.6 Å². The average Bonchev–Trinajstić information content (AvgIpc) is 3.53. The summed E-state index contributed by atoms with van der Waals surface area (Å²) in [5.41, 5.74) is 2.43. The molecular formula is C36H40ClF2N5O3S. The Balaban J connectivity index is 1.09. The third-order valence-corrected chi connectivity index (χ3v) is 13.0. The van der Waals surface area contributed by atoms with Gasteiger partial charge in [0.15, 0.2) is 0 Å². The van der Waals surface area contributed by atoms with E-state index in [2.05, 4.69) is 39.3 Å². The Hall–Kier alpha value is -3.38. The lowest BCUT2D eigenvalue weighted by molar-refractivity contribution is 0.0602. The highest BCUT2D eigenvalue weighted by atomic mass is 35.5. The Kier molecular flexibility index (Phi) is 8.85. The first-order chi connectivity index (χ1) is 23.0. The molecule has 254 valence electrons. The van der Waals surface area contributed by atoms with E-state index < -0.39 is 21.7 Å². The summed E-state index contributed by atoms with van der Waals surface area (Å²) >= 11 is 6.04. The fraction of sp³-hybridized carbons (Fsp3) is 0.444. The molecule has 1 N–H and O–H groups in total. The molecule has 3 atom stereocenters. The summed E-state index contributed by atoms with van der Waals surface area (Å²) in [5.74, 6) is -0.707. The Morgan fingerprint density at radius 3 is 2.40 bits per heavy atom. The average molecular weight is 696 g/mol. The van der Waals surface area contributed by atoms with Gasteiger partial charge in [0.25, 0.3) is 5.91 Å². The summed E-state index contributed by atoms with van der Waals surface area (Å²) in [6.45, 7) is 3.62. The summed E-state index contributed by atoms with van der Waals surface area (Å²) in [7, 11) is -2.78. The van der Waals surface area contributed by atoms with Crippen molar-refractivity contribution in [2.75, 3.05) is 26.7 Å². The van der Waals surface area contributed by atoms with Crippen LogP contribution in [0.15, 0.2) is 65.6 Å². The Morgan fingerprint density at radius 2 is 1.71 bits per heavy atom. The number of amides is 1. The van der Waals surface area contributed by atoms with E-state index in [0.717, 1.165) is 67.7 Å². The second-order valence-electron chi connectivity index (χ2n) is 13.6. The molecule has 0 spiro atoms. The van der Waals surface area contributed by atoms with Crippen molar-refractivity contribution < 1.29 is 22.0 Å². The molecule has 8 nitrogen and oxygen atoms in total. The molecule has 3 saturated heterocycles. The summed E-state index contributed by atoms with van der Waals surface area (Å²) in [5, 5.41) is -0.298. The maximum absolute atomic E-state index is 15.0. The molecule has 1 unspecified atom stereocenters. The molecule has 7 rings (SSSR count). The smallest absolute Gasteiger partial charge is 0.256 e. The number of hydrogen-bond donors (Lipinski definition) is 1. The normalized spacial score (nSPS) is 22.8. The topological polar surface area (TPSA) is 87.5 Å². The van der Waals surface area contributed by atoms with Crippen molar-refractivity contribution in [2.45, 2.75) is 80.3 Å². The molecule has 48 heavy (non-hydrogen) atoms. The molecule has 3 aliphatic rings. The SMILES string of the molecule is CNS(=O)(=O)c1cc(C(=O)N2CCC(CCN3[C@@H]4CC[C@H]3CC(n3c(C)nc5ccccc53)C4)(c3cccc(F)c3)CC2)c(F)cc1Cl. The number of imidazole rings is 1. The number of sulfonamides is 1. The van der Waals surface area contributed by atoms with Crippen LogP contribution < -0.4 is 4.72 Å². The molecule has 1 amide bonds. The highest BCUT2D eigenvalue weighted by Gasteiger charge is 2.44. The number of likely N-dealkylation sites (tertiary alicyclic amines) is 1. The number of aryl methyl sites for hydroxylation is 1. The summed E-state index contributed by atoms with van der Waals surface area (Å²) in [6.07, 6.45) is 6.38. The fourth-order valence-electron chi connectivity index (χ4n) is 8.61. The molecule has 1 aromatic heterocycles. The molecule has 3 aliphatic heterocycles. The van der Waals surface area contributed by atoms with Crippen molar-refractivity contribution in [3.8, 4) is 0 Å². The largest absolute Gasteiger partial charge is 0.338 e. The minimum Gasteiger partial charge on any atom is -0.338 e. The van der Waals surface area contributed by atoms with Gasteiger partial charge in [0.1, 0.15) is 22.4 Å². The van der Waals surface area contributed by atoms with Gasteiger partial charge in [-0.3, -0.25) is 9.69 Å². The predicted octanol–water partition coefficient (Wildman–Crippen LogP) is 6.62. The number of halogens is 3. The Bertz CT molecular complexity index is 1960. The molecule has 4 heterocycles.